The molecular formula is C29H34F2N6O2. The van der Waals surface area contributed by atoms with Gasteiger partial charge < -0.3 is 15.0 Å². The number of rotatable bonds is 11. The smallest absolute Gasteiger partial charge is 0.333 e. The Morgan fingerprint density at radius 3 is 2.33 bits per heavy atom. The molecule has 0 saturated heterocycles. The van der Waals surface area contributed by atoms with Crippen molar-refractivity contribution in [3.8, 4) is 28.3 Å². The van der Waals surface area contributed by atoms with Crippen LogP contribution in [0.15, 0.2) is 60.9 Å². The Morgan fingerprint density at radius 1 is 1.03 bits per heavy atom. The third kappa shape index (κ3) is 6.88. The van der Waals surface area contributed by atoms with Crippen molar-refractivity contribution < 1.29 is 18.3 Å². The van der Waals surface area contributed by atoms with Crippen LogP contribution in [0.1, 0.15) is 47.9 Å². The van der Waals surface area contributed by atoms with Gasteiger partial charge in [-0.15, -0.1) is 0 Å². The van der Waals surface area contributed by atoms with Crippen molar-refractivity contribution in [2.75, 3.05) is 27.2 Å². The summed E-state index contributed by atoms with van der Waals surface area (Å²) in [5, 5.41) is 11.7. The summed E-state index contributed by atoms with van der Waals surface area (Å²) in [6.07, 6.45) is 3.13. The number of carbonyl (C=O) groups is 1. The average molecular weight is 537 g/mol. The van der Waals surface area contributed by atoms with Gasteiger partial charge in [0.25, 0.3) is 5.91 Å². The van der Waals surface area contributed by atoms with Crippen molar-refractivity contribution in [1.82, 2.24) is 29.8 Å². The van der Waals surface area contributed by atoms with Gasteiger partial charge in [0.1, 0.15) is 12.4 Å². The van der Waals surface area contributed by atoms with E-state index < -0.39 is 6.55 Å². The van der Waals surface area contributed by atoms with Gasteiger partial charge in [-0.25, -0.2) is 4.68 Å². The molecule has 0 spiro atoms. The molecule has 0 fully saturated rings. The molecule has 0 radical (unpaired) electrons. The second-order valence-corrected chi connectivity index (χ2v) is 9.68. The molecule has 39 heavy (non-hydrogen) atoms. The van der Waals surface area contributed by atoms with Gasteiger partial charge >= 0.3 is 6.55 Å². The first-order valence-corrected chi connectivity index (χ1v) is 12.9. The zero-order valence-electron chi connectivity index (χ0n) is 22.9. The van der Waals surface area contributed by atoms with Crippen LogP contribution in [-0.2, 0) is 6.54 Å². The van der Waals surface area contributed by atoms with Crippen molar-refractivity contribution in [3.05, 3.63) is 77.6 Å². The second kappa shape index (κ2) is 12.2. The summed E-state index contributed by atoms with van der Waals surface area (Å²) in [6, 6.07) is 14.2. The van der Waals surface area contributed by atoms with Gasteiger partial charge in [-0.05, 0) is 88.5 Å². The van der Waals surface area contributed by atoms with E-state index in [9.17, 15) is 13.6 Å². The Morgan fingerprint density at radius 2 is 1.72 bits per heavy atom. The summed E-state index contributed by atoms with van der Waals surface area (Å²) < 4.78 is 34.6. The van der Waals surface area contributed by atoms with Crippen molar-refractivity contribution >= 4 is 5.91 Å². The van der Waals surface area contributed by atoms with Gasteiger partial charge in [-0.2, -0.15) is 19.0 Å². The second-order valence-electron chi connectivity index (χ2n) is 9.68. The van der Waals surface area contributed by atoms with Crippen molar-refractivity contribution in [2.45, 2.75) is 39.9 Å². The number of likely N-dealkylation sites (N-methyl/N-ethyl adjacent to an activating group) is 1. The van der Waals surface area contributed by atoms with Crippen LogP contribution in [0, 0.1) is 6.92 Å². The molecule has 2 aromatic carbocycles. The molecule has 1 N–H and O–H groups in total. The van der Waals surface area contributed by atoms with E-state index in [0.717, 1.165) is 35.5 Å². The zero-order valence-corrected chi connectivity index (χ0v) is 22.9. The summed E-state index contributed by atoms with van der Waals surface area (Å²) in [5.41, 5.74) is 4.76. The predicted octanol–water partition coefficient (Wildman–Crippen LogP) is 5.57. The van der Waals surface area contributed by atoms with Crippen LogP contribution in [0.3, 0.4) is 0 Å². The Hall–Kier alpha value is -4.05. The van der Waals surface area contributed by atoms with Crippen LogP contribution >= 0.6 is 0 Å². The summed E-state index contributed by atoms with van der Waals surface area (Å²) >= 11 is 0. The monoisotopic (exact) mass is 536 g/mol. The third-order valence-corrected chi connectivity index (χ3v) is 6.43. The highest BCUT2D eigenvalue weighted by molar-refractivity contribution is 5.96. The molecule has 0 unspecified atom stereocenters. The normalized spacial score (nSPS) is 12.2. The average Bonchev–Trinajstić information content (AvgIpc) is 3.59. The van der Waals surface area contributed by atoms with Crippen LogP contribution in [-0.4, -0.2) is 57.6 Å². The first-order chi connectivity index (χ1) is 18.6. The number of aryl methyl sites for hydroxylation is 2. The standard InChI is InChI=1S/C29H34F2N6O2/c1-6-36-11-9-26(33-36)22-15-21(16-23(17-22)27-10-12-37(34-27)29(30)31)20(3)32-28(38)25-18-24(8-7-19(25)2)39-14-13-35(4)5/h7-12,15-18,20,29H,6,13-14H2,1-5H3,(H,32,38)/t20-/m1/s1. The molecule has 4 rings (SSSR count). The van der Waals surface area contributed by atoms with Crippen LogP contribution in [0.5, 0.6) is 5.75 Å². The molecule has 2 heterocycles. The molecule has 0 aliphatic carbocycles. The van der Waals surface area contributed by atoms with Crippen LogP contribution < -0.4 is 10.1 Å². The number of alkyl halides is 2. The van der Waals surface area contributed by atoms with Crippen molar-refractivity contribution in [3.63, 3.8) is 0 Å². The first kappa shape index (κ1) is 28.0. The van der Waals surface area contributed by atoms with Gasteiger partial charge in [0.2, 0.25) is 0 Å². The summed E-state index contributed by atoms with van der Waals surface area (Å²) in [6.45, 7) is 5.02. The third-order valence-electron chi connectivity index (χ3n) is 6.43. The van der Waals surface area contributed by atoms with E-state index in [1.807, 2.05) is 87.0 Å². The lowest BCUT2D eigenvalue weighted by Crippen LogP contribution is -2.27. The largest absolute Gasteiger partial charge is 0.492 e. The van der Waals surface area contributed by atoms with E-state index in [1.165, 1.54) is 6.20 Å². The van der Waals surface area contributed by atoms with E-state index in [0.29, 0.717) is 33.9 Å². The maximum atomic E-state index is 13.3. The number of aromatic nitrogens is 4. The minimum atomic E-state index is -2.73. The number of ether oxygens (including phenoxy) is 1. The highest BCUT2D eigenvalue weighted by atomic mass is 19.3. The van der Waals surface area contributed by atoms with Crippen molar-refractivity contribution in [2.24, 2.45) is 0 Å². The minimum Gasteiger partial charge on any atom is -0.492 e. The lowest BCUT2D eigenvalue weighted by molar-refractivity contribution is 0.0568. The molecule has 0 saturated carbocycles. The van der Waals surface area contributed by atoms with Gasteiger partial charge in [0, 0.05) is 42.2 Å². The van der Waals surface area contributed by atoms with E-state index in [2.05, 4.69) is 15.5 Å². The maximum Gasteiger partial charge on any atom is 0.333 e. The summed E-state index contributed by atoms with van der Waals surface area (Å²) in [4.78, 5) is 15.3. The molecule has 8 nitrogen and oxygen atoms in total. The number of carbonyl (C=O) groups excluding carboxylic acids is 1. The molecular weight excluding hydrogens is 502 g/mol. The number of amides is 1. The minimum absolute atomic E-state index is 0.234. The summed E-state index contributed by atoms with van der Waals surface area (Å²) in [7, 11) is 3.94. The molecule has 2 aromatic heterocycles. The fourth-order valence-electron chi connectivity index (χ4n) is 4.13. The van der Waals surface area contributed by atoms with E-state index in [-0.39, 0.29) is 11.9 Å². The Labute approximate surface area is 227 Å². The van der Waals surface area contributed by atoms with Gasteiger partial charge in [0.05, 0.1) is 17.4 Å². The van der Waals surface area contributed by atoms with E-state index in [4.69, 9.17) is 4.74 Å². The van der Waals surface area contributed by atoms with Crippen LogP contribution in [0.4, 0.5) is 8.78 Å². The lowest BCUT2D eigenvalue weighted by Gasteiger charge is -2.18. The number of halogens is 2. The van der Waals surface area contributed by atoms with Crippen molar-refractivity contribution in [1.29, 1.82) is 0 Å². The topological polar surface area (TPSA) is 77.2 Å². The number of benzene rings is 2. The van der Waals surface area contributed by atoms with Crippen LogP contribution in [0.2, 0.25) is 0 Å². The zero-order chi connectivity index (χ0) is 28.1. The van der Waals surface area contributed by atoms with E-state index >= 15 is 0 Å². The number of nitrogens with one attached hydrogen (secondary N) is 1. The Kier molecular flexibility index (Phi) is 8.75. The Balaban J connectivity index is 1.62. The van der Waals surface area contributed by atoms with Crippen LogP contribution in [0.25, 0.3) is 22.5 Å². The predicted molar refractivity (Wildman–Crippen MR) is 147 cm³/mol. The molecule has 0 aliphatic rings. The molecule has 0 aliphatic heterocycles. The number of nitrogens with zero attached hydrogens (tertiary/aromatic N) is 5. The molecule has 1 amide bonds. The molecule has 4 aromatic rings. The quantitative estimate of drug-likeness (QED) is 0.271. The molecule has 0 bridgehead atoms. The SMILES string of the molecule is CCn1ccc(-c2cc(-c3ccn(C(F)F)n3)cc([C@@H](C)NC(=O)c3cc(OCCN(C)C)ccc3C)c2)n1. The fraction of sp³-hybridized carbons (Fsp3) is 0.345. The highest BCUT2D eigenvalue weighted by Gasteiger charge is 2.18. The van der Waals surface area contributed by atoms with E-state index in [1.54, 1.807) is 12.1 Å². The fourth-order valence-corrected chi connectivity index (χ4v) is 4.13. The van der Waals surface area contributed by atoms with Gasteiger partial charge in [-0.3, -0.25) is 9.48 Å². The van der Waals surface area contributed by atoms with Gasteiger partial charge in [-0.1, -0.05) is 6.07 Å². The first-order valence-electron chi connectivity index (χ1n) is 12.9. The maximum absolute atomic E-state index is 13.3. The highest BCUT2D eigenvalue weighted by Crippen LogP contribution is 2.30. The number of hydrogen-bond donors (Lipinski definition) is 1. The molecule has 206 valence electrons. The Bertz CT molecular complexity index is 1430. The van der Waals surface area contributed by atoms with Gasteiger partial charge in [0.15, 0.2) is 0 Å². The summed E-state index contributed by atoms with van der Waals surface area (Å²) in [5.74, 6) is 0.396. The lowest BCUT2D eigenvalue weighted by atomic mass is 9.97. The molecule has 10 heteroatoms. The molecule has 1 atom stereocenters. The number of hydrogen-bond acceptors (Lipinski definition) is 5.